The van der Waals surface area contributed by atoms with Gasteiger partial charge in [0.25, 0.3) is 5.56 Å². The average Bonchev–Trinajstić information content (AvgIpc) is 2.53. The number of fused-ring (bicyclic) bond motifs is 1. The Balaban J connectivity index is 1.83. The molecule has 0 saturated carbocycles. The monoisotopic (exact) mass is 312 g/mol. The SMILES string of the molecule is Nc1ccc2ncn(CC(=O)Nc3ccc(F)cc3)c(=O)c2c1. The van der Waals surface area contributed by atoms with Crippen LogP contribution < -0.4 is 16.6 Å². The van der Waals surface area contributed by atoms with Crippen molar-refractivity contribution in [1.82, 2.24) is 9.55 Å². The predicted octanol–water partition coefficient (Wildman–Crippen LogP) is 1.76. The molecule has 1 amide bonds. The number of carbonyl (C=O) groups excluding carboxylic acids is 1. The minimum absolute atomic E-state index is 0.200. The molecule has 1 aromatic heterocycles. The van der Waals surface area contributed by atoms with Gasteiger partial charge < -0.3 is 11.1 Å². The number of rotatable bonds is 3. The van der Waals surface area contributed by atoms with E-state index in [0.717, 1.165) is 0 Å². The number of nitrogens with zero attached hydrogens (tertiary/aromatic N) is 2. The first-order valence-corrected chi connectivity index (χ1v) is 6.83. The summed E-state index contributed by atoms with van der Waals surface area (Å²) >= 11 is 0. The maximum absolute atomic E-state index is 12.8. The second-order valence-corrected chi connectivity index (χ2v) is 5.01. The van der Waals surface area contributed by atoms with Crippen molar-refractivity contribution in [2.75, 3.05) is 11.1 Å². The molecule has 23 heavy (non-hydrogen) atoms. The van der Waals surface area contributed by atoms with Gasteiger partial charge in [0, 0.05) is 11.4 Å². The predicted molar refractivity (Wildman–Crippen MR) is 85.4 cm³/mol. The molecule has 0 atom stereocenters. The third-order valence-electron chi connectivity index (χ3n) is 3.29. The van der Waals surface area contributed by atoms with Crippen molar-refractivity contribution >= 4 is 28.2 Å². The second-order valence-electron chi connectivity index (χ2n) is 5.01. The first kappa shape index (κ1) is 14.7. The second kappa shape index (κ2) is 5.88. The third kappa shape index (κ3) is 3.18. The number of nitrogens with two attached hydrogens (primary N) is 1. The summed E-state index contributed by atoms with van der Waals surface area (Å²) in [4.78, 5) is 28.5. The minimum Gasteiger partial charge on any atom is -0.399 e. The number of hydrogen-bond donors (Lipinski definition) is 2. The molecule has 0 saturated heterocycles. The zero-order valence-corrected chi connectivity index (χ0v) is 12.0. The van der Waals surface area contributed by atoms with Crippen LogP contribution in [0.4, 0.5) is 15.8 Å². The Hall–Kier alpha value is -3.22. The molecule has 116 valence electrons. The van der Waals surface area contributed by atoms with Gasteiger partial charge in [-0.25, -0.2) is 9.37 Å². The standard InChI is InChI=1S/C16H13FN4O2/c17-10-1-4-12(5-2-10)20-15(22)8-21-9-19-14-6-3-11(18)7-13(14)16(21)23/h1-7,9H,8,18H2,(H,20,22). The van der Waals surface area contributed by atoms with E-state index >= 15 is 0 Å². The van der Waals surface area contributed by atoms with Crippen LogP contribution in [0.15, 0.2) is 53.6 Å². The molecule has 0 radical (unpaired) electrons. The number of carbonyl (C=O) groups is 1. The van der Waals surface area contributed by atoms with Gasteiger partial charge in [-0.05, 0) is 42.5 Å². The maximum atomic E-state index is 12.8. The highest BCUT2D eigenvalue weighted by Crippen LogP contribution is 2.11. The number of nitrogens with one attached hydrogen (secondary N) is 1. The van der Waals surface area contributed by atoms with Crippen molar-refractivity contribution in [2.24, 2.45) is 0 Å². The van der Waals surface area contributed by atoms with E-state index in [9.17, 15) is 14.0 Å². The number of aromatic nitrogens is 2. The van der Waals surface area contributed by atoms with E-state index in [-0.39, 0.29) is 12.1 Å². The molecule has 0 unspecified atom stereocenters. The van der Waals surface area contributed by atoms with Crippen molar-refractivity contribution in [1.29, 1.82) is 0 Å². The highest BCUT2D eigenvalue weighted by molar-refractivity contribution is 5.90. The summed E-state index contributed by atoms with van der Waals surface area (Å²) in [5.74, 6) is -0.806. The number of hydrogen-bond acceptors (Lipinski definition) is 4. The summed E-state index contributed by atoms with van der Waals surface area (Å²) in [6.07, 6.45) is 1.31. The Morgan fingerprint density at radius 1 is 1.22 bits per heavy atom. The maximum Gasteiger partial charge on any atom is 0.261 e. The Morgan fingerprint density at radius 2 is 1.96 bits per heavy atom. The Morgan fingerprint density at radius 3 is 2.70 bits per heavy atom. The van der Waals surface area contributed by atoms with Gasteiger partial charge in [-0.1, -0.05) is 0 Å². The van der Waals surface area contributed by atoms with Crippen molar-refractivity contribution in [2.45, 2.75) is 6.54 Å². The zero-order valence-electron chi connectivity index (χ0n) is 12.0. The largest absolute Gasteiger partial charge is 0.399 e. The first-order chi connectivity index (χ1) is 11.0. The lowest BCUT2D eigenvalue weighted by molar-refractivity contribution is -0.116. The molecule has 1 heterocycles. The molecule has 3 aromatic rings. The molecular formula is C16H13FN4O2. The third-order valence-corrected chi connectivity index (χ3v) is 3.29. The fourth-order valence-corrected chi connectivity index (χ4v) is 2.18. The van der Waals surface area contributed by atoms with Crippen LogP contribution >= 0.6 is 0 Å². The normalized spacial score (nSPS) is 10.7. The van der Waals surface area contributed by atoms with Crippen LogP contribution in [0.25, 0.3) is 10.9 Å². The summed E-state index contributed by atoms with van der Waals surface area (Å²) in [6.45, 7) is -0.200. The fourth-order valence-electron chi connectivity index (χ4n) is 2.18. The molecule has 2 aromatic carbocycles. The van der Waals surface area contributed by atoms with E-state index in [1.807, 2.05) is 0 Å². The van der Waals surface area contributed by atoms with Crippen molar-refractivity contribution in [3.8, 4) is 0 Å². The van der Waals surface area contributed by atoms with Gasteiger partial charge in [0.05, 0.1) is 17.2 Å². The van der Waals surface area contributed by atoms with Gasteiger partial charge in [0.1, 0.15) is 12.4 Å². The van der Waals surface area contributed by atoms with E-state index in [1.165, 1.54) is 41.2 Å². The number of nitrogen functional groups attached to an aromatic ring is 1. The lowest BCUT2D eigenvalue weighted by Crippen LogP contribution is -2.27. The number of amides is 1. The lowest BCUT2D eigenvalue weighted by atomic mass is 10.2. The van der Waals surface area contributed by atoms with Crippen LogP contribution in [0, 0.1) is 5.82 Å². The summed E-state index contributed by atoms with van der Waals surface area (Å²) in [5, 5.41) is 2.94. The summed E-state index contributed by atoms with van der Waals surface area (Å²) in [6, 6.07) is 10.2. The van der Waals surface area contributed by atoms with E-state index < -0.39 is 11.7 Å². The van der Waals surface area contributed by atoms with Crippen molar-refractivity contribution < 1.29 is 9.18 Å². The molecule has 0 aliphatic rings. The topological polar surface area (TPSA) is 90.0 Å². The molecule has 6 nitrogen and oxygen atoms in total. The Bertz CT molecular complexity index is 935. The van der Waals surface area contributed by atoms with Crippen molar-refractivity contribution in [3.05, 3.63) is 65.0 Å². The van der Waals surface area contributed by atoms with E-state index in [1.54, 1.807) is 12.1 Å². The van der Waals surface area contributed by atoms with Crippen LogP contribution in [-0.4, -0.2) is 15.5 Å². The molecule has 7 heteroatoms. The molecule has 0 bridgehead atoms. The molecule has 0 fully saturated rings. The van der Waals surface area contributed by atoms with E-state index in [0.29, 0.717) is 22.3 Å². The van der Waals surface area contributed by atoms with Crippen LogP contribution in [0.5, 0.6) is 0 Å². The number of anilines is 2. The summed E-state index contributed by atoms with van der Waals surface area (Å²) in [5.41, 5.74) is 6.73. The summed E-state index contributed by atoms with van der Waals surface area (Å²) in [7, 11) is 0. The fraction of sp³-hybridized carbons (Fsp3) is 0.0625. The molecular weight excluding hydrogens is 299 g/mol. The van der Waals surface area contributed by atoms with Crippen LogP contribution in [0.3, 0.4) is 0 Å². The Kier molecular flexibility index (Phi) is 3.76. The van der Waals surface area contributed by atoms with Gasteiger partial charge >= 0.3 is 0 Å². The molecule has 3 rings (SSSR count). The van der Waals surface area contributed by atoms with Gasteiger partial charge in [0.15, 0.2) is 0 Å². The first-order valence-electron chi connectivity index (χ1n) is 6.83. The van der Waals surface area contributed by atoms with Gasteiger partial charge in [-0.2, -0.15) is 0 Å². The highest BCUT2D eigenvalue weighted by atomic mass is 19.1. The van der Waals surface area contributed by atoms with E-state index in [2.05, 4.69) is 10.3 Å². The molecule has 0 aliphatic heterocycles. The van der Waals surface area contributed by atoms with E-state index in [4.69, 9.17) is 5.73 Å². The minimum atomic E-state index is -0.413. The highest BCUT2D eigenvalue weighted by Gasteiger charge is 2.09. The van der Waals surface area contributed by atoms with Gasteiger partial charge in [0.2, 0.25) is 5.91 Å². The molecule has 0 aliphatic carbocycles. The number of halogens is 1. The molecule has 0 spiro atoms. The average molecular weight is 312 g/mol. The molecule has 3 N–H and O–H groups in total. The quantitative estimate of drug-likeness (QED) is 0.721. The van der Waals surface area contributed by atoms with Crippen molar-refractivity contribution in [3.63, 3.8) is 0 Å². The Labute approximate surface area is 130 Å². The van der Waals surface area contributed by atoms with Gasteiger partial charge in [-0.3, -0.25) is 14.2 Å². The smallest absolute Gasteiger partial charge is 0.261 e. The van der Waals surface area contributed by atoms with Crippen LogP contribution in [-0.2, 0) is 11.3 Å². The number of benzene rings is 2. The van der Waals surface area contributed by atoms with Crippen LogP contribution in [0.2, 0.25) is 0 Å². The van der Waals surface area contributed by atoms with Gasteiger partial charge in [-0.15, -0.1) is 0 Å². The zero-order chi connectivity index (χ0) is 16.4. The van der Waals surface area contributed by atoms with Crippen LogP contribution in [0.1, 0.15) is 0 Å². The lowest BCUT2D eigenvalue weighted by Gasteiger charge is -2.08. The summed E-state index contributed by atoms with van der Waals surface area (Å²) < 4.78 is 14.0.